The van der Waals surface area contributed by atoms with Gasteiger partial charge in [-0.2, -0.15) is 5.26 Å². The Hall–Kier alpha value is -1.65. The Labute approximate surface area is 112 Å². The van der Waals surface area contributed by atoms with Crippen molar-refractivity contribution in [2.75, 3.05) is 5.32 Å². The van der Waals surface area contributed by atoms with Crippen LogP contribution in [0.25, 0.3) is 0 Å². The third kappa shape index (κ3) is 3.42. The lowest BCUT2D eigenvalue weighted by Gasteiger charge is -2.00. The van der Waals surface area contributed by atoms with Crippen molar-refractivity contribution >= 4 is 33.9 Å². The summed E-state index contributed by atoms with van der Waals surface area (Å²) in [6, 6.07) is 8.23. The van der Waals surface area contributed by atoms with Crippen molar-refractivity contribution in [1.29, 1.82) is 5.26 Å². The SMILES string of the molecule is C[C@@H](C#N)Sc1nnc(Nc2cccc(F)c2)s1. The van der Waals surface area contributed by atoms with E-state index in [1.807, 2.05) is 0 Å². The zero-order chi connectivity index (χ0) is 13.0. The molecule has 4 nitrogen and oxygen atoms in total. The van der Waals surface area contributed by atoms with Crippen molar-refractivity contribution in [2.45, 2.75) is 16.5 Å². The first kappa shape index (κ1) is 12.8. The molecule has 2 rings (SSSR count). The van der Waals surface area contributed by atoms with Gasteiger partial charge in [-0.15, -0.1) is 10.2 Å². The molecule has 1 aromatic heterocycles. The van der Waals surface area contributed by atoms with E-state index >= 15 is 0 Å². The van der Waals surface area contributed by atoms with Crippen LogP contribution in [0.3, 0.4) is 0 Å². The molecule has 0 aliphatic carbocycles. The minimum atomic E-state index is -0.308. The summed E-state index contributed by atoms with van der Waals surface area (Å²) in [7, 11) is 0. The largest absolute Gasteiger partial charge is 0.330 e. The van der Waals surface area contributed by atoms with Crippen molar-refractivity contribution in [2.24, 2.45) is 0 Å². The summed E-state index contributed by atoms with van der Waals surface area (Å²) in [4.78, 5) is 0. The van der Waals surface area contributed by atoms with E-state index < -0.39 is 0 Å². The normalized spacial score (nSPS) is 11.8. The van der Waals surface area contributed by atoms with E-state index in [0.717, 1.165) is 0 Å². The molecule has 0 saturated heterocycles. The number of hydrogen-bond acceptors (Lipinski definition) is 6. The number of benzene rings is 1. The Morgan fingerprint density at radius 1 is 1.50 bits per heavy atom. The zero-order valence-corrected chi connectivity index (χ0v) is 11.1. The van der Waals surface area contributed by atoms with Gasteiger partial charge < -0.3 is 5.32 Å². The highest BCUT2D eigenvalue weighted by Gasteiger charge is 2.09. The summed E-state index contributed by atoms with van der Waals surface area (Å²) in [5.74, 6) is -0.308. The first-order chi connectivity index (χ1) is 8.67. The van der Waals surface area contributed by atoms with Gasteiger partial charge in [0, 0.05) is 5.69 Å². The van der Waals surface area contributed by atoms with Crippen molar-refractivity contribution in [3.63, 3.8) is 0 Å². The highest BCUT2D eigenvalue weighted by Crippen LogP contribution is 2.30. The van der Waals surface area contributed by atoms with Crippen LogP contribution in [-0.2, 0) is 0 Å². The molecule has 0 amide bonds. The lowest BCUT2D eigenvalue weighted by Crippen LogP contribution is -1.89. The van der Waals surface area contributed by atoms with Crippen molar-refractivity contribution in [3.8, 4) is 6.07 Å². The van der Waals surface area contributed by atoms with Crippen molar-refractivity contribution < 1.29 is 4.39 Å². The lowest BCUT2D eigenvalue weighted by atomic mass is 10.3. The van der Waals surface area contributed by atoms with E-state index in [1.54, 1.807) is 19.1 Å². The van der Waals surface area contributed by atoms with E-state index in [-0.39, 0.29) is 11.1 Å². The van der Waals surface area contributed by atoms with Crippen molar-refractivity contribution in [3.05, 3.63) is 30.1 Å². The van der Waals surface area contributed by atoms with Crippen LogP contribution < -0.4 is 5.32 Å². The molecule has 1 heterocycles. The van der Waals surface area contributed by atoms with Gasteiger partial charge in [0.15, 0.2) is 4.34 Å². The molecule has 92 valence electrons. The van der Waals surface area contributed by atoms with Crippen LogP contribution in [0, 0.1) is 17.1 Å². The average Bonchev–Trinajstić information content (AvgIpc) is 2.76. The van der Waals surface area contributed by atoms with Gasteiger partial charge in [-0.25, -0.2) is 4.39 Å². The smallest absolute Gasteiger partial charge is 0.210 e. The molecule has 0 aliphatic heterocycles. The summed E-state index contributed by atoms with van der Waals surface area (Å²) in [5, 5.41) is 20.0. The predicted molar refractivity (Wildman–Crippen MR) is 70.5 cm³/mol. The second kappa shape index (κ2) is 5.80. The molecular weight excluding hydrogens is 271 g/mol. The fourth-order valence-electron chi connectivity index (χ4n) is 1.18. The molecule has 0 spiro atoms. The third-order valence-corrected chi connectivity index (χ3v) is 3.86. The molecule has 0 radical (unpaired) electrons. The number of halogens is 1. The van der Waals surface area contributed by atoms with Gasteiger partial charge in [-0.1, -0.05) is 29.2 Å². The molecule has 1 N–H and O–H groups in total. The number of rotatable bonds is 4. The average molecular weight is 280 g/mol. The van der Waals surface area contributed by atoms with Crippen LogP contribution in [0.5, 0.6) is 0 Å². The van der Waals surface area contributed by atoms with Gasteiger partial charge in [0.25, 0.3) is 0 Å². The van der Waals surface area contributed by atoms with E-state index in [2.05, 4.69) is 21.6 Å². The summed E-state index contributed by atoms with van der Waals surface area (Å²) in [5.41, 5.74) is 0.621. The van der Waals surface area contributed by atoms with Gasteiger partial charge in [-0.3, -0.25) is 0 Å². The highest BCUT2D eigenvalue weighted by atomic mass is 32.2. The zero-order valence-electron chi connectivity index (χ0n) is 9.42. The third-order valence-electron chi connectivity index (χ3n) is 1.94. The number of nitrogens with one attached hydrogen (secondary N) is 1. The van der Waals surface area contributed by atoms with Crippen LogP contribution in [0.4, 0.5) is 15.2 Å². The minimum Gasteiger partial charge on any atom is -0.330 e. The molecule has 0 unspecified atom stereocenters. The molecule has 0 aliphatic rings. The first-order valence-electron chi connectivity index (χ1n) is 5.10. The number of anilines is 2. The molecule has 0 saturated carbocycles. The molecule has 0 bridgehead atoms. The monoisotopic (exact) mass is 280 g/mol. The van der Waals surface area contributed by atoms with Crippen LogP contribution in [-0.4, -0.2) is 15.4 Å². The number of aromatic nitrogens is 2. The molecule has 18 heavy (non-hydrogen) atoms. The van der Waals surface area contributed by atoms with Crippen LogP contribution >= 0.6 is 23.1 Å². The predicted octanol–water partition coefficient (Wildman–Crippen LogP) is 3.42. The van der Waals surface area contributed by atoms with E-state index in [4.69, 9.17) is 5.26 Å². The number of nitriles is 1. The first-order valence-corrected chi connectivity index (χ1v) is 6.79. The summed E-state index contributed by atoms with van der Waals surface area (Å²) in [6.45, 7) is 1.80. The Morgan fingerprint density at radius 3 is 3.06 bits per heavy atom. The fraction of sp³-hybridized carbons (Fsp3) is 0.182. The summed E-state index contributed by atoms with van der Waals surface area (Å²) < 4.78 is 13.7. The van der Waals surface area contributed by atoms with Gasteiger partial charge in [0.1, 0.15) is 5.82 Å². The van der Waals surface area contributed by atoms with Crippen LogP contribution in [0.1, 0.15) is 6.92 Å². The molecule has 0 fully saturated rings. The second-order valence-corrected chi connectivity index (χ2v) is 5.96. The Balaban J connectivity index is 2.05. The second-order valence-electron chi connectivity index (χ2n) is 3.40. The van der Waals surface area contributed by atoms with Gasteiger partial charge >= 0.3 is 0 Å². The molecule has 1 aromatic carbocycles. The maximum Gasteiger partial charge on any atom is 0.210 e. The fourth-order valence-corrected chi connectivity index (χ4v) is 2.98. The molecule has 1 atom stereocenters. The Kier molecular flexibility index (Phi) is 4.12. The topological polar surface area (TPSA) is 61.6 Å². The maximum absolute atomic E-state index is 13.0. The maximum atomic E-state index is 13.0. The molecule has 7 heteroatoms. The molecular formula is C11H9FN4S2. The Bertz CT molecular complexity index is 578. The van der Waals surface area contributed by atoms with Crippen LogP contribution in [0.15, 0.2) is 28.6 Å². The Morgan fingerprint density at radius 2 is 2.33 bits per heavy atom. The lowest BCUT2D eigenvalue weighted by molar-refractivity contribution is 0.628. The minimum absolute atomic E-state index is 0.167. The highest BCUT2D eigenvalue weighted by molar-refractivity contribution is 8.01. The van der Waals surface area contributed by atoms with E-state index in [9.17, 15) is 4.39 Å². The van der Waals surface area contributed by atoms with E-state index in [0.29, 0.717) is 15.2 Å². The van der Waals surface area contributed by atoms with Gasteiger partial charge in [-0.05, 0) is 25.1 Å². The van der Waals surface area contributed by atoms with Gasteiger partial charge in [0.2, 0.25) is 5.13 Å². The van der Waals surface area contributed by atoms with Crippen LogP contribution in [0.2, 0.25) is 0 Å². The summed E-state index contributed by atoms with van der Waals surface area (Å²) in [6.07, 6.45) is 0. The summed E-state index contributed by atoms with van der Waals surface area (Å²) >= 11 is 2.68. The quantitative estimate of drug-likeness (QED) is 0.869. The number of hydrogen-bond donors (Lipinski definition) is 1. The number of nitrogens with zero attached hydrogens (tertiary/aromatic N) is 3. The number of thioether (sulfide) groups is 1. The standard InChI is InChI=1S/C11H9FN4S2/c1-7(6-13)17-11-16-15-10(18-11)14-9-4-2-3-8(12)5-9/h2-5,7H,1H3,(H,14,15)/t7-/m0/s1. The van der Waals surface area contributed by atoms with E-state index in [1.165, 1.54) is 35.2 Å². The van der Waals surface area contributed by atoms with Gasteiger partial charge in [0.05, 0.1) is 11.3 Å². The van der Waals surface area contributed by atoms with Crippen molar-refractivity contribution in [1.82, 2.24) is 10.2 Å². The molecule has 2 aromatic rings.